The molecule has 0 atom stereocenters. The fraction of sp³-hybridized carbons (Fsp3) is 0.143. The second kappa shape index (κ2) is 8.00. The molecule has 0 aliphatic heterocycles. The lowest BCUT2D eigenvalue weighted by Gasteiger charge is -2.23. The summed E-state index contributed by atoms with van der Waals surface area (Å²) in [6.07, 6.45) is 0.964. The van der Waals surface area contributed by atoms with Gasteiger partial charge in [0, 0.05) is 7.11 Å². The largest absolute Gasteiger partial charge is 0.384 e. The number of thiol groups is 1. The first kappa shape index (κ1) is 15.9. The number of hydrogen-bond donors (Lipinski definition) is 1. The van der Waals surface area contributed by atoms with Crippen molar-refractivity contribution in [2.75, 3.05) is 13.7 Å². The number of ether oxygens (including phenoxy) is 1. The van der Waals surface area contributed by atoms with Crippen molar-refractivity contribution >= 4 is 10.9 Å². The van der Waals surface area contributed by atoms with Crippen molar-refractivity contribution in [1.29, 1.82) is 0 Å². The van der Waals surface area contributed by atoms with Gasteiger partial charge in [-0.25, -0.2) is 0 Å². The highest BCUT2D eigenvalue weighted by atomic mass is 32.2. The Hall–Kier alpha value is -2.03. The molecule has 0 N–H and O–H groups in total. The summed E-state index contributed by atoms with van der Waals surface area (Å²) < 4.78 is 5.17. The SMILES string of the molecule is COCCc1ccc([SH](c2ccccc2)c2ccccc2)cc1. The third-order valence-corrected chi connectivity index (χ3v) is 6.26. The van der Waals surface area contributed by atoms with Gasteiger partial charge in [0.1, 0.15) is 0 Å². The molecule has 0 amide bonds. The van der Waals surface area contributed by atoms with Gasteiger partial charge in [-0.1, -0.05) is 48.5 Å². The normalized spacial score (nSPS) is 11.3. The molecule has 0 saturated carbocycles. The smallest absolute Gasteiger partial charge is 0.0502 e. The zero-order valence-corrected chi connectivity index (χ0v) is 14.2. The van der Waals surface area contributed by atoms with E-state index in [0.29, 0.717) is 0 Å². The van der Waals surface area contributed by atoms with Crippen LogP contribution in [0.5, 0.6) is 0 Å². The molecule has 1 nitrogen and oxygen atoms in total. The molecule has 0 bridgehead atoms. The van der Waals surface area contributed by atoms with Gasteiger partial charge in [0.25, 0.3) is 0 Å². The monoisotopic (exact) mass is 322 g/mol. The van der Waals surface area contributed by atoms with Crippen molar-refractivity contribution in [3.8, 4) is 0 Å². The average molecular weight is 322 g/mol. The first-order valence-corrected chi connectivity index (χ1v) is 9.21. The van der Waals surface area contributed by atoms with Crippen LogP contribution in [-0.2, 0) is 11.2 Å². The maximum atomic E-state index is 5.17. The lowest BCUT2D eigenvalue weighted by Crippen LogP contribution is -1.94. The fourth-order valence-electron chi connectivity index (χ4n) is 2.63. The van der Waals surface area contributed by atoms with E-state index in [1.165, 1.54) is 20.2 Å². The standard InChI is InChI=1S/C21H22OS/c1-22-17-16-18-12-14-21(15-13-18)23(19-8-4-2-5-9-19)20-10-6-3-7-11-20/h2-15,23H,16-17H2,1H3. The van der Waals surface area contributed by atoms with E-state index in [9.17, 15) is 0 Å². The molecule has 3 aromatic carbocycles. The number of methoxy groups -OCH3 is 1. The second-order valence-electron chi connectivity index (χ2n) is 5.42. The first-order valence-electron chi connectivity index (χ1n) is 7.86. The summed E-state index contributed by atoms with van der Waals surface area (Å²) in [5.74, 6) is 0. The maximum absolute atomic E-state index is 5.17. The molecule has 3 rings (SSSR count). The van der Waals surface area contributed by atoms with Crippen LogP contribution in [0.1, 0.15) is 5.56 Å². The Kier molecular flexibility index (Phi) is 5.51. The van der Waals surface area contributed by atoms with Crippen LogP contribution < -0.4 is 0 Å². The lowest BCUT2D eigenvalue weighted by atomic mass is 10.2. The van der Waals surface area contributed by atoms with Crippen molar-refractivity contribution in [3.63, 3.8) is 0 Å². The van der Waals surface area contributed by atoms with E-state index < -0.39 is 10.9 Å². The fourth-order valence-corrected chi connectivity index (χ4v) is 4.92. The summed E-state index contributed by atoms with van der Waals surface area (Å²) in [6.45, 7) is 0.769. The van der Waals surface area contributed by atoms with Crippen LogP contribution in [0.15, 0.2) is 99.6 Å². The van der Waals surface area contributed by atoms with Crippen LogP contribution >= 0.6 is 10.9 Å². The highest BCUT2D eigenvalue weighted by molar-refractivity contribution is 8.17. The molecule has 0 saturated heterocycles. The van der Waals surface area contributed by atoms with E-state index in [-0.39, 0.29) is 0 Å². The molecule has 0 aromatic heterocycles. The molecule has 3 aromatic rings. The molecule has 0 heterocycles. The van der Waals surface area contributed by atoms with Crippen molar-refractivity contribution in [3.05, 3.63) is 90.5 Å². The molecule has 118 valence electrons. The molecule has 0 spiro atoms. The van der Waals surface area contributed by atoms with Crippen LogP contribution in [0, 0.1) is 0 Å². The topological polar surface area (TPSA) is 9.23 Å². The van der Waals surface area contributed by atoms with Crippen molar-refractivity contribution in [2.45, 2.75) is 21.1 Å². The predicted molar refractivity (Wildman–Crippen MR) is 98.7 cm³/mol. The second-order valence-corrected chi connectivity index (χ2v) is 7.64. The molecule has 23 heavy (non-hydrogen) atoms. The van der Waals surface area contributed by atoms with Crippen LogP contribution in [0.2, 0.25) is 0 Å². The molecule has 0 aliphatic rings. The van der Waals surface area contributed by atoms with Crippen LogP contribution in [-0.4, -0.2) is 13.7 Å². The Morgan fingerprint density at radius 2 is 1.13 bits per heavy atom. The summed E-state index contributed by atoms with van der Waals surface area (Å²) in [5, 5.41) is 0. The summed E-state index contributed by atoms with van der Waals surface area (Å²) in [4.78, 5) is 4.16. The minimum atomic E-state index is -0.503. The molecule has 2 heteroatoms. The molecular formula is C21H22OS. The highest BCUT2D eigenvalue weighted by Crippen LogP contribution is 2.50. The highest BCUT2D eigenvalue weighted by Gasteiger charge is 2.12. The summed E-state index contributed by atoms with van der Waals surface area (Å²) in [7, 11) is 1.25. The lowest BCUT2D eigenvalue weighted by molar-refractivity contribution is 0.202. The first-order chi connectivity index (χ1) is 11.4. The van der Waals surface area contributed by atoms with Gasteiger partial charge in [0.15, 0.2) is 0 Å². The van der Waals surface area contributed by atoms with E-state index >= 15 is 0 Å². The van der Waals surface area contributed by atoms with Crippen molar-refractivity contribution in [2.24, 2.45) is 0 Å². The number of hydrogen-bond acceptors (Lipinski definition) is 1. The molecule has 0 radical (unpaired) electrons. The van der Waals surface area contributed by atoms with E-state index in [0.717, 1.165) is 13.0 Å². The van der Waals surface area contributed by atoms with Gasteiger partial charge in [-0.3, -0.25) is 0 Å². The minimum absolute atomic E-state index is 0.503. The number of benzene rings is 3. The van der Waals surface area contributed by atoms with E-state index in [4.69, 9.17) is 4.74 Å². The zero-order valence-electron chi connectivity index (χ0n) is 13.4. The van der Waals surface area contributed by atoms with Crippen LogP contribution in [0.3, 0.4) is 0 Å². The van der Waals surface area contributed by atoms with Gasteiger partial charge in [0.05, 0.1) is 6.61 Å². The average Bonchev–Trinajstić information content (AvgIpc) is 2.63. The Balaban J connectivity index is 1.96. The summed E-state index contributed by atoms with van der Waals surface area (Å²) >= 11 is 0. The molecular weight excluding hydrogens is 300 g/mol. The van der Waals surface area contributed by atoms with Crippen LogP contribution in [0.4, 0.5) is 0 Å². The molecule has 0 fully saturated rings. The van der Waals surface area contributed by atoms with Gasteiger partial charge >= 0.3 is 0 Å². The Morgan fingerprint density at radius 1 is 0.652 bits per heavy atom. The Bertz CT molecular complexity index is 668. The van der Waals surface area contributed by atoms with E-state index in [2.05, 4.69) is 84.9 Å². The van der Waals surface area contributed by atoms with Crippen molar-refractivity contribution in [1.82, 2.24) is 0 Å². The van der Waals surface area contributed by atoms with E-state index in [1.807, 2.05) is 0 Å². The van der Waals surface area contributed by atoms with Gasteiger partial charge in [-0.15, -0.1) is 0 Å². The quantitative estimate of drug-likeness (QED) is 0.602. The van der Waals surface area contributed by atoms with Gasteiger partial charge in [-0.2, -0.15) is 10.9 Å². The van der Waals surface area contributed by atoms with Gasteiger partial charge in [-0.05, 0) is 63.1 Å². The minimum Gasteiger partial charge on any atom is -0.384 e. The third-order valence-electron chi connectivity index (χ3n) is 3.82. The summed E-state index contributed by atoms with van der Waals surface area (Å²) in [6, 6.07) is 30.6. The maximum Gasteiger partial charge on any atom is 0.0502 e. The van der Waals surface area contributed by atoms with E-state index in [1.54, 1.807) is 7.11 Å². The van der Waals surface area contributed by atoms with Gasteiger partial charge < -0.3 is 4.74 Å². The molecule has 0 unspecified atom stereocenters. The summed E-state index contributed by atoms with van der Waals surface area (Å²) in [5.41, 5.74) is 1.33. The van der Waals surface area contributed by atoms with Crippen molar-refractivity contribution < 1.29 is 4.74 Å². The Labute approximate surface area is 141 Å². The molecule has 0 aliphatic carbocycles. The Morgan fingerprint density at radius 3 is 1.61 bits per heavy atom. The van der Waals surface area contributed by atoms with Crippen LogP contribution in [0.25, 0.3) is 0 Å². The predicted octanol–water partition coefficient (Wildman–Crippen LogP) is 5.35. The third kappa shape index (κ3) is 4.04. The van der Waals surface area contributed by atoms with Gasteiger partial charge in [0.2, 0.25) is 0 Å². The number of rotatable bonds is 6. The zero-order chi connectivity index (χ0) is 15.9.